The van der Waals surface area contributed by atoms with Crippen molar-refractivity contribution in [2.45, 2.75) is 83.7 Å². The number of aliphatic hydroxyl groups is 1. The minimum absolute atomic E-state index is 0.00230. The van der Waals surface area contributed by atoms with E-state index in [4.69, 9.17) is 0 Å². The first-order valence-corrected chi connectivity index (χ1v) is 10.7. The molecule has 2 nitrogen and oxygen atoms in total. The van der Waals surface area contributed by atoms with E-state index >= 15 is 0 Å². The monoisotopic (exact) mass is 354 g/mol. The molecule has 0 radical (unpaired) electrons. The second kappa shape index (κ2) is 6.21. The summed E-state index contributed by atoms with van der Waals surface area (Å²) in [5.41, 5.74) is 3.94. The van der Waals surface area contributed by atoms with Crippen molar-refractivity contribution < 1.29 is 9.90 Å². The van der Waals surface area contributed by atoms with Crippen LogP contribution in [0.2, 0.25) is 0 Å². The lowest BCUT2D eigenvalue weighted by atomic mass is 9.43. The highest BCUT2D eigenvalue weighted by molar-refractivity contribution is 5.91. The van der Waals surface area contributed by atoms with E-state index in [0.717, 1.165) is 51.4 Å². The first-order chi connectivity index (χ1) is 12.4. The first-order valence-electron chi connectivity index (χ1n) is 10.7. The zero-order chi connectivity index (χ0) is 18.6. The topological polar surface area (TPSA) is 37.3 Å². The molecule has 3 fully saturated rings. The van der Waals surface area contributed by atoms with E-state index in [9.17, 15) is 9.90 Å². The maximum Gasteiger partial charge on any atom is 0.155 e. The molecule has 26 heavy (non-hydrogen) atoms. The molecular formula is C24H34O2. The minimum Gasteiger partial charge on any atom is -0.385 e. The third-order valence-corrected chi connectivity index (χ3v) is 8.90. The molecule has 0 amide bonds. The molecule has 4 aliphatic rings. The van der Waals surface area contributed by atoms with Gasteiger partial charge in [-0.3, -0.25) is 4.79 Å². The Bertz CT molecular complexity index is 684. The van der Waals surface area contributed by atoms with Gasteiger partial charge in [0, 0.05) is 11.8 Å². The smallest absolute Gasteiger partial charge is 0.155 e. The first kappa shape index (κ1) is 18.3. The van der Waals surface area contributed by atoms with Crippen LogP contribution in [0, 0.1) is 28.6 Å². The van der Waals surface area contributed by atoms with Gasteiger partial charge in [-0.15, -0.1) is 5.73 Å². The van der Waals surface area contributed by atoms with Gasteiger partial charge in [0.15, 0.2) is 5.78 Å². The van der Waals surface area contributed by atoms with Crippen LogP contribution in [0.4, 0.5) is 0 Å². The van der Waals surface area contributed by atoms with Gasteiger partial charge in [-0.2, -0.15) is 0 Å². The standard InChI is InChI=1S/C24H34O2/c1-4-11-23-15-14-22(3)19-9-7-18(25)16-17(19)6-8-20(22)21(23)10-13-24(23,26)12-5-2/h12,16,19-21,26H,2,4,6-11,13-15H2,1,3H3/t19-,20-,21-,22+,23?,24-/m0/s1. The molecule has 0 bridgehead atoms. The molecule has 0 spiro atoms. The number of hydrogen-bond acceptors (Lipinski definition) is 2. The molecule has 0 aromatic heterocycles. The van der Waals surface area contributed by atoms with Crippen molar-refractivity contribution in [2.75, 3.05) is 0 Å². The number of rotatable bonds is 3. The molecule has 0 aliphatic heterocycles. The Kier molecular flexibility index (Phi) is 4.36. The van der Waals surface area contributed by atoms with E-state index in [2.05, 4.69) is 26.2 Å². The molecule has 0 saturated heterocycles. The quantitative estimate of drug-likeness (QED) is 0.692. The number of carbonyl (C=O) groups excluding carboxylic acids is 1. The Morgan fingerprint density at radius 2 is 2.04 bits per heavy atom. The molecule has 3 saturated carbocycles. The fourth-order valence-electron chi connectivity index (χ4n) is 7.84. The van der Waals surface area contributed by atoms with E-state index in [-0.39, 0.29) is 5.41 Å². The Labute approximate surface area is 158 Å². The third-order valence-electron chi connectivity index (χ3n) is 8.90. The number of fused-ring (bicyclic) bond motifs is 5. The van der Waals surface area contributed by atoms with Crippen LogP contribution in [0.15, 0.2) is 30.0 Å². The fourth-order valence-corrected chi connectivity index (χ4v) is 7.84. The van der Waals surface area contributed by atoms with E-state index in [1.54, 1.807) is 0 Å². The largest absolute Gasteiger partial charge is 0.385 e. The number of allylic oxidation sites excluding steroid dienone is 1. The summed E-state index contributed by atoms with van der Waals surface area (Å²) in [5.74, 6) is 2.18. The van der Waals surface area contributed by atoms with Crippen molar-refractivity contribution in [3.05, 3.63) is 30.0 Å². The molecule has 1 N–H and O–H groups in total. The zero-order valence-electron chi connectivity index (χ0n) is 16.5. The summed E-state index contributed by atoms with van der Waals surface area (Å²) in [7, 11) is 0. The lowest BCUT2D eigenvalue weighted by Gasteiger charge is -2.61. The molecule has 142 valence electrons. The predicted molar refractivity (Wildman–Crippen MR) is 105 cm³/mol. The molecule has 0 aromatic rings. The SMILES string of the molecule is C=C=C[C@]1(O)CC[C@H]2[C@@H]3CCC4=CC(=O)CC[C@@H]4[C@@]3(C)CCC21CCC. The van der Waals surface area contributed by atoms with Crippen LogP contribution < -0.4 is 0 Å². The van der Waals surface area contributed by atoms with E-state index in [1.807, 2.05) is 12.2 Å². The highest BCUT2D eigenvalue weighted by Gasteiger charge is 2.66. The minimum atomic E-state index is -0.727. The van der Waals surface area contributed by atoms with Crippen LogP contribution in [-0.2, 0) is 4.79 Å². The average Bonchev–Trinajstić information content (AvgIpc) is 2.88. The van der Waals surface area contributed by atoms with Gasteiger partial charge in [0.05, 0.1) is 5.60 Å². The fraction of sp³-hybridized carbons (Fsp3) is 0.750. The van der Waals surface area contributed by atoms with Crippen LogP contribution in [0.3, 0.4) is 0 Å². The number of ketones is 1. The molecule has 0 aromatic carbocycles. The van der Waals surface area contributed by atoms with E-state index in [0.29, 0.717) is 29.0 Å². The summed E-state index contributed by atoms with van der Waals surface area (Å²) in [6.45, 7) is 8.53. The second-order valence-corrected chi connectivity index (χ2v) is 9.75. The zero-order valence-corrected chi connectivity index (χ0v) is 16.5. The van der Waals surface area contributed by atoms with Crippen LogP contribution in [0.1, 0.15) is 78.1 Å². The van der Waals surface area contributed by atoms with Gasteiger partial charge in [0.1, 0.15) is 0 Å². The van der Waals surface area contributed by atoms with Crippen LogP contribution in [-0.4, -0.2) is 16.5 Å². The van der Waals surface area contributed by atoms with Gasteiger partial charge in [0.25, 0.3) is 0 Å². The van der Waals surface area contributed by atoms with E-state index < -0.39 is 5.60 Å². The van der Waals surface area contributed by atoms with Crippen LogP contribution in [0.5, 0.6) is 0 Å². The van der Waals surface area contributed by atoms with Gasteiger partial charge in [-0.25, -0.2) is 0 Å². The molecule has 4 rings (SSSR count). The lowest BCUT2D eigenvalue weighted by Crippen LogP contribution is -2.57. The van der Waals surface area contributed by atoms with Gasteiger partial charge < -0.3 is 5.11 Å². The molecule has 6 atom stereocenters. The maximum atomic E-state index is 11.9. The van der Waals surface area contributed by atoms with Crippen molar-refractivity contribution in [1.29, 1.82) is 0 Å². The van der Waals surface area contributed by atoms with Crippen molar-refractivity contribution >= 4 is 5.78 Å². The van der Waals surface area contributed by atoms with Crippen molar-refractivity contribution in [3.8, 4) is 0 Å². The van der Waals surface area contributed by atoms with Gasteiger partial charge in [-0.05, 0) is 86.7 Å². The summed E-state index contributed by atoms with van der Waals surface area (Å²) in [6, 6.07) is 0. The van der Waals surface area contributed by atoms with Crippen LogP contribution >= 0.6 is 0 Å². The lowest BCUT2D eigenvalue weighted by molar-refractivity contribution is -0.138. The van der Waals surface area contributed by atoms with Gasteiger partial charge in [0.2, 0.25) is 0 Å². The summed E-state index contributed by atoms with van der Waals surface area (Å²) in [6.07, 6.45) is 14.4. The van der Waals surface area contributed by atoms with Gasteiger partial charge >= 0.3 is 0 Å². The van der Waals surface area contributed by atoms with Crippen molar-refractivity contribution in [1.82, 2.24) is 0 Å². The Balaban J connectivity index is 1.73. The van der Waals surface area contributed by atoms with Gasteiger partial charge in [-0.1, -0.05) is 32.4 Å². The molecule has 4 aliphatic carbocycles. The number of carbonyl (C=O) groups is 1. The number of hydrogen-bond donors (Lipinski definition) is 1. The third kappa shape index (κ3) is 2.31. The molecule has 1 unspecified atom stereocenters. The normalized spacial score (nSPS) is 47.3. The Morgan fingerprint density at radius 3 is 2.77 bits per heavy atom. The Hall–Kier alpha value is -1.11. The van der Waals surface area contributed by atoms with Crippen LogP contribution in [0.25, 0.3) is 0 Å². The highest BCUT2D eigenvalue weighted by Crippen LogP contribution is 2.70. The summed E-state index contributed by atoms with van der Waals surface area (Å²) >= 11 is 0. The summed E-state index contributed by atoms with van der Waals surface area (Å²) < 4.78 is 0. The Morgan fingerprint density at radius 1 is 1.23 bits per heavy atom. The average molecular weight is 355 g/mol. The van der Waals surface area contributed by atoms with Crippen molar-refractivity contribution in [3.63, 3.8) is 0 Å². The summed E-state index contributed by atoms with van der Waals surface area (Å²) in [4.78, 5) is 11.9. The summed E-state index contributed by atoms with van der Waals surface area (Å²) in [5, 5.41) is 11.6. The molecular weight excluding hydrogens is 320 g/mol. The van der Waals surface area contributed by atoms with Crippen molar-refractivity contribution in [2.24, 2.45) is 28.6 Å². The second-order valence-electron chi connectivity index (χ2n) is 9.75. The molecule has 0 heterocycles. The maximum absolute atomic E-state index is 11.9. The molecule has 2 heteroatoms. The highest BCUT2D eigenvalue weighted by atomic mass is 16.3. The predicted octanol–water partition coefficient (Wildman–Crippen LogP) is 5.37. The van der Waals surface area contributed by atoms with E-state index in [1.165, 1.54) is 18.4 Å².